The Hall–Kier alpha value is -2.90. The zero-order valence-electron chi connectivity index (χ0n) is 21.6. The summed E-state index contributed by atoms with van der Waals surface area (Å²) in [4.78, 5) is 11.8. The van der Waals surface area contributed by atoms with E-state index in [4.69, 9.17) is 4.74 Å². The molecule has 2 unspecified atom stereocenters. The van der Waals surface area contributed by atoms with E-state index in [0.29, 0.717) is 0 Å². The number of nitrogens with zero attached hydrogens (tertiary/aromatic N) is 5. The van der Waals surface area contributed by atoms with E-state index >= 15 is 0 Å². The van der Waals surface area contributed by atoms with Gasteiger partial charge in [0.15, 0.2) is 0 Å². The maximum atomic E-state index is 11.8. The Labute approximate surface area is 199 Å². The van der Waals surface area contributed by atoms with Crippen molar-refractivity contribution in [1.29, 1.82) is 0 Å². The van der Waals surface area contributed by atoms with Crippen molar-refractivity contribution in [3.05, 3.63) is 41.5 Å². The summed E-state index contributed by atoms with van der Waals surface area (Å²) in [5.41, 5.74) is 3.08. The number of methoxy groups -OCH3 is 1. The summed E-state index contributed by atoms with van der Waals surface area (Å²) in [5, 5.41) is 20.3. The molecule has 1 aromatic carbocycles. The van der Waals surface area contributed by atoms with Gasteiger partial charge in [-0.15, -0.1) is 0 Å². The maximum absolute atomic E-state index is 11.8. The van der Waals surface area contributed by atoms with Gasteiger partial charge in [0.2, 0.25) is 0 Å². The first-order chi connectivity index (χ1) is 15.6. The second-order valence-electron chi connectivity index (χ2n) is 8.57. The average Bonchev–Trinajstić information content (AvgIpc) is 2.83. The molecule has 0 aliphatic rings. The monoisotopic (exact) mass is 458 g/mol. The highest BCUT2D eigenvalue weighted by Gasteiger charge is 2.22. The molecule has 0 amide bonds. The van der Waals surface area contributed by atoms with Gasteiger partial charge in [-0.1, -0.05) is 42.0 Å². The number of benzene rings is 1. The third-order valence-corrected chi connectivity index (χ3v) is 6.38. The maximum Gasteiger partial charge on any atom is 0.310 e. The molecule has 4 atom stereocenters. The zero-order chi connectivity index (χ0) is 25.0. The normalized spacial score (nSPS) is 15.5. The lowest BCUT2D eigenvalue weighted by Gasteiger charge is -2.29. The van der Waals surface area contributed by atoms with E-state index in [9.17, 15) is 4.79 Å². The summed E-state index contributed by atoms with van der Waals surface area (Å²) in [6, 6.07) is 8.23. The average molecular weight is 459 g/mol. The van der Waals surface area contributed by atoms with Gasteiger partial charge < -0.3 is 10.1 Å². The number of rotatable bonds is 14. The van der Waals surface area contributed by atoms with Crippen LogP contribution < -0.4 is 5.32 Å². The molecule has 184 valence electrons. The number of nitrogens with one attached hydrogen (secondary N) is 1. The molecular formula is C25H42N6O2. The van der Waals surface area contributed by atoms with Crippen LogP contribution in [0.5, 0.6) is 0 Å². The predicted octanol–water partition coefficient (Wildman–Crippen LogP) is 4.80. The fourth-order valence-corrected chi connectivity index (χ4v) is 3.35. The van der Waals surface area contributed by atoms with Crippen LogP contribution in [0.25, 0.3) is 0 Å². The minimum atomic E-state index is -0.253. The number of carbonyl (C=O) groups is 1. The number of hydrazone groups is 1. The van der Waals surface area contributed by atoms with Crippen LogP contribution in [0.2, 0.25) is 0 Å². The van der Waals surface area contributed by atoms with Gasteiger partial charge in [-0.3, -0.25) is 14.8 Å². The van der Waals surface area contributed by atoms with E-state index in [-0.39, 0.29) is 36.4 Å². The van der Waals surface area contributed by atoms with Crippen molar-refractivity contribution in [2.45, 2.75) is 65.6 Å². The van der Waals surface area contributed by atoms with Crippen molar-refractivity contribution in [3.8, 4) is 0 Å². The molecule has 0 aromatic heterocycles. The molecule has 0 saturated carbocycles. The van der Waals surface area contributed by atoms with Gasteiger partial charge in [-0.2, -0.15) is 10.2 Å². The topological polar surface area (TPSA) is 81.9 Å². The SMILES string of the molecule is C=NN(C)C(C)[C@@H](C)[C@H](C)N=NN(C)CCC(Nc1ccccc1CC(=O)OC)/C(C)=C/C. The van der Waals surface area contributed by atoms with E-state index in [1.54, 1.807) is 0 Å². The summed E-state index contributed by atoms with van der Waals surface area (Å²) in [5.74, 6) is 0.0279. The number of hydrogen-bond acceptors (Lipinski definition) is 7. The quantitative estimate of drug-likeness (QED) is 0.142. The largest absolute Gasteiger partial charge is 0.469 e. The standard InChI is InChI=1S/C25H42N6O2/c1-10-18(2)23(27-24-14-12-11-13-22(24)17-25(32)33-9)15-16-30(7)29-28-20(4)19(3)21(5)31(8)26-6/h10-14,19-21,23,27H,6,15-17H2,1-5,7-9H3/b18-10+,29-28?/t19-,20-,21?,23?/m0/s1. The van der Waals surface area contributed by atoms with E-state index in [1.165, 1.54) is 12.7 Å². The lowest BCUT2D eigenvalue weighted by atomic mass is 9.96. The minimum absolute atomic E-state index is 0.0584. The number of allylic oxidation sites excluding steroid dienone is 1. The van der Waals surface area contributed by atoms with Crippen molar-refractivity contribution in [2.24, 2.45) is 21.4 Å². The second kappa shape index (κ2) is 14.3. The van der Waals surface area contributed by atoms with Gasteiger partial charge in [0.1, 0.15) is 0 Å². The molecule has 1 rings (SSSR count). The third kappa shape index (κ3) is 9.24. The van der Waals surface area contributed by atoms with Crippen LogP contribution in [0, 0.1) is 5.92 Å². The Balaban J connectivity index is 2.79. The highest BCUT2D eigenvalue weighted by atomic mass is 16.5. The number of anilines is 1. The summed E-state index contributed by atoms with van der Waals surface area (Å²) >= 11 is 0. The van der Waals surface area contributed by atoms with Gasteiger partial charge in [0.05, 0.1) is 19.6 Å². The number of esters is 1. The zero-order valence-corrected chi connectivity index (χ0v) is 21.6. The van der Waals surface area contributed by atoms with E-state index < -0.39 is 0 Å². The highest BCUT2D eigenvalue weighted by Crippen LogP contribution is 2.21. The molecule has 8 heteroatoms. The molecule has 0 radical (unpaired) electrons. The Morgan fingerprint density at radius 2 is 1.91 bits per heavy atom. The van der Waals surface area contributed by atoms with Crippen LogP contribution in [0.1, 0.15) is 46.6 Å². The Bertz CT molecular complexity index is 810. The molecule has 0 saturated heterocycles. The molecule has 0 spiro atoms. The first-order valence-corrected chi connectivity index (χ1v) is 11.5. The summed E-state index contributed by atoms with van der Waals surface area (Å²) in [6.07, 6.45) is 3.18. The fraction of sp³-hybridized carbons (Fsp3) is 0.600. The van der Waals surface area contributed by atoms with E-state index in [0.717, 1.165) is 24.2 Å². The minimum Gasteiger partial charge on any atom is -0.469 e. The predicted molar refractivity (Wildman–Crippen MR) is 137 cm³/mol. The van der Waals surface area contributed by atoms with Gasteiger partial charge in [-0.25, -0.2) is 0 Å². The van der Waals surface area contributed by atoms with Crippen LogP contribution in [-0.4, -0.2) is 68.6 Å². The van der Waals surface area contributed by atoms with Crippen LogP contribution in [0.4, 0.5) is 5.69 Å². The summed E-state index contributed by atoms with van der Waals surface area (Å²) in [7, 11) is 5.27. The molecule has 8 nitrogen and oxygen atoms in total. The molecule has 0 aliphatic heterocycles. The second-order valence-corrected chi connectivity index (χ2v) is 8.57. The van der Waals surface area contributed by atoms with Crippen molar-refractivity contribution in [1.82, 2.24) is 10.0 Å². The summed E-state index contributed by atoms with van der Waals surface area (Å²) in [6.45, 7) is 14.8. The molecular weight excluding hydrogens is 416 g/mol. The lowest BCUT2D eigenvalue weighted by Crippen LogP contribution is -2.35. The van der Waals surface area contributed by atoms with Gasteiger partial charge in [0, 0.05) is 51.0 Å². The molecule has 33 heavy (non-hydrogen) atoms. The smallest absolute Gasteiger partial charge is 0.310 e. The number of para-hydroxylation sites is 1. The van der Waals surface area contributed by atoms with Gasteiger partial charge in [0.25, 0.3) is 0 Å². The molecule has 1 N–H and O–H groups in total. The third-order valence-electron chi connectivity index (χ3n) is 6.38. The van der Waals surface area contributed by atoms with E-state index in [2.05, 4.69) is 61.2 Å². The molecule has 0 heterocycles. The molecule has 0 bridgehead atoms. The van der Waals surface area contributed by atoms with Crippen LogP contribution in [-0.2, 0) is 16.0 Å². The first kappa shape index (κ1) is 28.1. The van der Waals surface area contributed by atoms with Crippen molar-refractivity contribution in [2.75, 3.05) is 33.1 Å². The van der Waals surface area contributed by atoms with Crippen molar-refractivity contribution < 1.29 is 9.53 Å². The van der Waals surface area contributed by atoms with Crippen LogP contribution in [0.15, 0.2) is 51.4 Å². The van der Waals surface area contributed by atoms with Gasteiger partial charge >= 0.3 is 5.97 Å². The number of carbonyl (C=O) groups excluding carboxylic acids is 1. The van der Waals surface area contributed by atoms with Crippen LogP contribution in [0.3, 0.4) is 0 Å². The number of ether oxygens (including phenoxy) is 1. The fourth-order valence-electron chi connectivity index (χ4n) is 3.35. The molecule has 1 aromatic rings. The highest BCUT2D eigenvalue weighted by molar-refractivity contribution is 5.75. The molecule has 0 fully saturated rings. The molecule has 0 aliphatic carbocycles. The number of hydrogen-bond donors (Lipinski definition) is 1. The van der Waals surface area contributed by atoms with E-state index in [1.807, 2.05) is 55.3 Å². The Morgan fingerprint density at radius 3 is 2.52 bits per heavy atom. The Kier molecular flexibility index (Phi) is 12.2. The van der Waals surface area contributed by atoms with Crippen molar-refractivity contribution >= 4 is 18.4 Å². The van der Waals surface area contributed by atoms with Crippen molar-refractivity contribution in [3.63, 3.8) is 0 Å². The lowest BCUT2D eigenvalue weighted by molar-refractivity contribution is -0.139. The Morgan fingerprint density at radius 1 is 1.24 bits per heavy atom. The first-order valence-electron chi connectivity index (χ1n) is 11.5. The van der Waals surface area contributed by atoms with Gasteiger partial charge in [-0.05, 0) is 45.7 Å². The van der Waals surface area contributed by atoms with Crippen LogP contribution >= 0.6 is 0 Å². The summed E-state index contributed by atoms with van der Waals surface area (Å²) < 4.78 is 4.84.